The Morgan fingerprint density at radius 2 is 2.17 bits per heavy atom. The van der Waals surface area contributed by atoms with E-state index in [9.17, 15) is 14.7 Å². The molecule has 0 unspecified atom stereocenters. The van der Waals surface area contributed by atoms with Crippen molar-refractivity contribution < 1.29 is 19.1 Å². The van der Waals surface area contributed by atoms with Crippen molar-refractivity contribution in [2.75, 3.05) is 4.90 Å². The third-order valence-electron chi connectivity index (χ3n) is 3.32. The zero-order valence-corrected chi connectivity index (χ0v) is 13.6. The normalized spacial score (nSPS) is 16.4. The van der Waals surface area contributed by atoms with Crippen LogP contribution in [-0.2, 0) is 4.79 Å². The first-order valence-corrected chi connectivity index (χ1v) is 7.85. The molecule has 2 heterocycles. The molecule has 0 atom stereocenters. The maximum absolute atomic E-state index is 12.6. The van der Waals surface area contributed by atoms with Crippen molar-refractivity contribution in [3.8, 4) is 0 Å². The molecule has 0 bridgehead atoms. The van der Waals surface area contributed by atoms with Gasteiger partial charge in [0.15, 0.2) is 4.32 Å². The quantitative estimate of drug-likeness (QED) is 0.676. The van der Waals surface area contributed by atoms with Crippen LogP contribution in [0.5, 0.6) is 0 Å². The molecule has 3 rings (SSSR count). The molecule has 1 aromatic carbocycles. The third-order valence-corrected chi connectivity index (χ3v) is 4.62. The third kappa shape index (κ3) is 2.93. The molecular weight excluding hydrogens is 334 g/mol. The van der Waals surface area contributed by atoms with Gasteiger partial charge >= 0.3 is 5.97 Å². The first kappa shape index (κ1) is 15.5. The summed E-state index contributed by atoms with van der Waals surface area (Å²) < 4.78 is 5.56. The number of carboxylic acids is 1. The van der Waals surface area contributed by atoms with Crippen LogP contribution in [0.4, 0.5) is 5.69 Å². The van der Waals surface area contributed by atoms with Crippen LogP contribution in [0.15, 0.2) is 45.9 Å². The molecule has 0 spiro atoms. The minimum Gasteiger partial charge on any atom is -0.478 e. The van der Waals surface area contributed by atoms with E-state index in [1.54, 1.807) is 37.3 Å². The number of carbonyl (C=O) groups excluding carboxylic acids is 1. The molecule has 5 nitrogen and oxygen atoms in total. The Balaban J connectivity index is 1.98. The Labute approximate surface area is 141 Å². The summed E-state index contributed by atoms with van der Waals surface area (Å²) in [6.45, 7) is 1.70. The van der Waals surface area contributed by atoms with Crippen LogP contribution in [0, 0.1) is 6.92 Å². The Bertz CT molecular complexity index is 840. The average molecular weight is 345 g/mol. The Morgan fingerprint density at radius 3 is 2.83 bits per heavy atom. The van der Waals surface area contributed by atoms with Gasteiger partial charge in [-0.25, -0.2) is 4.79 Å². The summed E-state index contributed by atoms with van der Waals surface area (Å²) in [6, 6.07) is 8.26. The molecule has 2 aromatic rings. The second-order valence-corrected chi connectivity index (χ2v) is 6.51. The number of hydrogen-bond donors (Lipinski definition) is 1. The predicted molar refractivity (Wildman–Crippen MR) is 92.5 cm³/mol. The predicted octanol–water partition coefficient (Wildman–Crippen LogP) is 3.69. The number of rotatable bonds is 3. The Kier molecular flexibility index (Phi) is 4.06. The number of nitrogens with zero attached hydrogens (tertiary/aromatic N) is 1. The van der Waals surface area contributed by atoms with Gasteiger partial charge in [-0.3, -0.25) is 9.69 Å². The molecule has 0 saturated carbocycles. The van der Waals surface area contributed by atoms with E-state index in [2.05, 4.69) is 0 Å². The van der Waals surface area contributed by atoms with Crippen molar-refractivity contribution in [3.63, 3.8) is 0 Å². The van der Waals surface area contributed by atoms with E-state index in [1.165, 1.54) is 17.2 Å². The van der Waals surface area contributed by atoms with Crippen molar-refractivity contribution in [2.45, 2.75) is 6.92 Å². The molecule has 1 aromatic heterocycles. The summed E-state index contributed by atoms with van der Waals surface area (Å²) in [5, 5.41) is 9.22. The van der Waals surface area contributed by atoms with E-state index in [0.29, 0.717) is 26.2 Å². The molecule has 1 amide bonds. The highest BCUT2D eigenvalue weighted by molar-refractivity contribution is 8.27. The number of thioether (sulfide) groups is 1. The van der Waals surface area contributed by atoms with Gasteiger partial charge in [-0.15, -0.1) is 0 Å². The second-order valence-electron chi connectivity index (χ2n) is 4.84. The SMILES string of the molecule is Cc1ccc(N2C(=O)C(=Cc3ccco3)SC2=S)cc1C(=O)O. The number of thiocarbonyl (C=S) groups is 1. The summed E-state index contributed by atoms with van der Waals surface area (Å²) in [5.41, 5.74) is 1.21. The van der Waals surface area contributed by atoms with Crippen LogP contribution >= 0.6 is 24.0 Å². The van der Waals surface area contributed by atoms with E-state index in [-0.39, 0.29) is 11.5 Å². The highest BCUT2D eigenvalue weighted by Crippen LogP contribution is 2.36. The number of benzene rings is 1. The minimum atomic E-state index is -1.04. The van der Waals surface area contributed by atoms with Crippen LogP contribution < -0.4 is 4.90 Å². The van der Waals surface area contributed by atoms with Gasteiger partial charge in [-0.1, -0.05) is 30.0 Å². The fourth-order valence-corrected chi connectivity index (χ4v) is 3.45. The molecule has 1 fully saturated rings. The van der Waals surface area contributed by atoms with Gasteiger partial charge in [0.25, 0.3) is 5.91 Å². The highest BCUT2D eigenvalue weighted by atomic mass is 32.2. The van der Waals surface area contributed by atoms with Gasteiger partial charge in [0, 0.05) is 6.08 Å². The van der Waals surface area contributed by atoms with Gasteiger partial charge in [-0.05, 0) is 36.8 Å². The lowest BCUT2D eigenvalue weighted by molar-refractivity contribution is -0.113. The first-order valence-electron chi connectivity index (χ1n) is 6.63. The maximum Gasteiger partial charge on any atom is 0.336 e. The summed E-state index contributed by atoms with van der Waals surface area (Å²) in [6.07, 6.45) is 3.14. The molecule has 0 aliphatic carbocycles. The second kappa shape index (κ2) is 6.02. The largest absolute Gasteiger partial charge is 0.478 e. The molecular formula is C16H11NO4S2. The van der Waals surface area contributed by atoms with Gasteiger partial charge in [0.05, 0.1) is 22.4 Å². The number of aryl methyl sites for hydroxylation is 1. The molecule has 1 aliphatic rings. The number of hydrogen-bond acceptors (Lipinski definition) is 5. The zero-order chi connectivity index (χ0) is 16.6. The minimum absolute atomic E-state index is 0.145. The topological polar surface area (TPSA) is 70.8 Å². The van der Waals surface area contributed by atoms with Gasteiger partial charge < -0.3 is 9.52 Å². The number of amides is 1. The summed E-state index contributed by atoms with van der Waals surface area (Å²) >= 11 is 6.42. The molecule has 116 valence electrons. The Hall–Kier alpha value is -2.38. The van der Waals surface area contributed by atoms with Crippen LogP contribution in [0.3, 0.4) is 0 Å². The number of carboxylic acid groups (broad SMARTS) is 1. The number of furan rings is 1. The number of anilines is 1. The van der Waals surface area contributed by atoms with Crippen LogP contribution in [0.2, 0.25) is 0 Å². The average Bonchev–Trinajstić information content (AvgIpc) is 3.09. The summed E-state index contributed by atoms with van der Waals surface area (Å²) in [4.78, 5) is 25.6. The van der Waals surface area contributed by atoms with Crippen molar-refractivity contribution in [1.29, 1.82) is 0 Å². The fourth-order valence-electron chi connectivity index (χ4n) is 2.17. The van der Waals surface area contributed by atoms with E-state index in [1.807, 2.05) is 0 Å². The van der Waals surface area contributed by atoms with Crippen LogP contribution in [0.1, 0.15) is 21.7 Å². The fraction of sp³-hybridized carbons (Fsp3) is 0.0625. The van der Waals surface area contributed by atoms with Crippen LogP contribution in [0.25, 0.3) is 6.08 Å². The van der Waals surface area contributed by atoms with Gasteiger partial charge in [-0.2, -0.15) is 0 Å². The van der Waals surface area contributed by atoms with Gasteiger partial charge in [0.2, 0.25) is 0 Å². The van der Waals surface area contributed by atoms with E-state index < -0.39 is 5.97 Å². The smallest absolute Gasteiger partial charge is 0.336 e. The maximum atomic E-state index is 12.6. The van der Waals surface area contributed by atoms with Gasteiger partial charge in [0.1, 0.15) is 5.76 Å². The van der Waals surface area contributed by atoms with Crippen molar-refractivity contribution >= 4 is 51.9 Å². The van der Waals surface area contributed by atoms with E-state index >= 15 is 0 Å². The van der Waals surface area contributed by atoms with Crippen molar-refractivity contribution in [3.05, 3.63) is 58.4 Å². The lowest BCUT2D eigenvalue weighted by atomic mass is 10.1. The Morgan fingerprint density at radius 1 is 1.39 bits per heavy atom. The van der Waals surface area contributed by atoms with Crippen molar-refractivity contribution in [1.82, 2.24) is 0 Å². The molecule has 1 aliphatic heterocycles. The molecule has 1 N–H and O–H groups in total. The molecule has 0 radical (unpaired) electrons. The lowest BCUT2D eigenvalue weighted by Gasteiger charge is -2.15. The van der Waals surface area contributed by atoms with Crippen molar-refractivity contribution in [2.24, 2.45) is 0 Å². The monoisotopic (exact) mass is 345 g/mol. The summed E-state index contributed by atoms with van der Waals surface area (Å²) in [7, 11) is 0. The van der Waals surface area contributed by atoms with E-state index in [0.717, 1.165) is 11.8 Å². The van der Waals surface area contributed by atoms with E-state index in [4.69, 9.17) is 16.6 Å². The molecule has 7 heteroatoms. The lowest BCUT2D eigenvalue weighted by Crippen LogP contribution is -2.27. The molecule has 1 saturated heterocycles. The zero-order valence-electron chi connectivity index (χ0n) is 12.0. The highest BCUT2D eigenvalue weighted by Gasteiger charge is 2.34. The standard InChI is InChI=1S/C16H11NO4S2/c1-9-4-5-10(7-12(9)15(19)20)17-14(18)13(23-16(17)22)8-11-3-2-6-21-11/h2-8H,1H3,(H,19,20). The summed E-state index contributed by atoms with van der Waals surface area (Å²) in [5.74, 6) is -0.779. The first-order chi connectivity index (χ1) is 11.0. The van der Waals surface area contributed by atoms with Crippen LogP contribution in [-0.4, -0.2) is 21.3 Å². The number of aromatic carboxylic acids is 1. The number of carbonyl (C=O) groups is 2. The molecule has 23 heavy (non-hydrogen) atoms.